The molecule has 1 aliphatic heterocycles. The molecule has 1 rings (SSSR count). The Morgan fingerprint density at radius 1 is 1.58 bits per heavy atom. The highest BCUT2D eigenvalue weighted by Gasteiger charge is 2.18. The molecule has 12 heavy (non-hydrogen) atoms. The van der Waals surface area contributed by atoms with E-state index in [0.717, 1.165) is 5.71 Å². The molecular formula is C8H14N2O2. The van der Waals surface area contributed by atoms with E-state index in [0.29, 0.717) is 32.4 Å². The van der Waals surface area contributed by atoms with Crippen molar-refractivity contribution >= 4 is 11.6 Å². The topological polar surface area (TPSA) is 52.9 Å². The second-order valence-electron chi connectivity index (χ2n) is 2.90. The highest BCUT2D eigenvalue weighted by atomic mass is 16.4. The molecule has 0 saturated carbocycles. The maximum Gasteiger partial charge on any atom is 0.222 e. The van der Waals surface area contributed by atoms with Crippen LogP contribution in [0.5, 0.6) is 0 Å². The fraction of sp³-hybridized carbons (Fsp3) is 0.750. The molecule has 4 heteroatoms. The number of rotatable bonds is 1. The first-order valence-corrected chi connectivity index (χ1v) is 4.25. The number of carbonyl (C=O) groups is 1. The fourth-order valence-electron chi connectivity index (χ4n) is 1.34. The lowest BCUT2D eigenvalue weighted by Crippen LogP contribution is -2.38. The van der Waals surface area contributed by atoms with E-state index in [1.165, 1.54) is 0 Å². The molecule has 0 aromatic rings. The summed E-state index contributed by atoms with van der Waals surface area (Å²) in [6, 6.07) is 0. The summed E-state index contributed by atoms with van der Waals surface area (Å²) in [5, 5.41) is 11.6. The molecule has 1 aliphatic rings. The molecule has 0 aliphatic carbocycles. The van der Waals surface area contributed by atoms with Crippen LogP contribution in [0, 0.1) is 0 Å². The number of likely N-dealkylation sites (tertiary alicyclic amines) is 1. The van der Waals surface area contributed by atoms with Gasteiger partial charge in [-0.25, -0.2) is 0 Å². The first-order chi connectivity index (χ1) is 5.77. The number of hydrogen-bond donors (Lipinski definition) is 1. The Bertz CT molecular complexity index is 191. The minimum absolute atomic E-state index is 0.187. The summed E-state index contributed by atoms with van der Waals surface area (Å²) in [5.74, 6) is 0.187. The highest BCUT2D eigenvalue weighted by Crippen LogP contribution is 2.08. The van der Waals surface area contributed by atoms with Gasteiger partial charge in [-0.3, -0.25) is 4.79 Å². The van der Waals surface area contributed by atoms with E-state index in [4.69, 9.17) is 5.21 Å². The minimum atomic E-state index is 0.187. The molecule has 1 heterocycles. The molecule has 0 radical (unpaired) electrons. The normalized spacial score (nSPS) is 17.8. The second-order valence-corrected chi connectivity index (χ2v) is 2.90. The van der Waals surface area contributed by atoms with E-state index in [2.05, 4.69) is 5.16 Å². The standard InChI is InChI=1S/C8H14N2O2/c1-2-8(11)10-5-3-7(9-12)4-6-10/h12H,2-6H2,1H3. The predicted octanol–water partition coefficient (Wildman–Crippen LogP) is 0.849. The first-order valence-electron chi connectivity index (χ1n) is 4.25. The number of oxime groups is 1. The largest absolute Gasteiger partial charge is 0.411 e. The average molecular weight is 170 g/mol. The number of carbonyl (C=O) groups excluding carboxylic acids is 1. The third-order valence-electron chi connectivity index (χ3n) is 2.14. The molecule has 68 valence electrons. The van der Waals surface area contributed by atoms with Crippen molar-refractivity contribution in [2.24, 2.45) is 5.16 Å². The zero-order valence-electron chi connectivity index (χ0n) is 7.29. The third kappa shape index (κ3) is 1.96. The van der Waals surface area contributed by atoms with Crippen molar-refractivity contribution in [1.82, 2.24) is 4.90 Å². The Kier molecular flexibility index (Phi) is 3.08. The Labute approximate surface area is 71.9 Å². The summed E-state index contributed by atoms with van der Waals surface area (Å²) in [5.41, 5.74) is 0.801. The summed E-state index contributed by atoms with van der Waals surface area (Å²) in [6.07, 6.45) is 1.98. The third-order valence-corrected chi connectivity index (χ3v) is 2.14. The molecule has 0 aromatic heterocycles. The summed E-state index contributed by atoms with van der Waals surface area (Å²) in [6.45, 7) is 3.26. The van der Waals surface area contributed by atoms with Crippen LogP contribution in [0.2, 0.25) is 0 Å². The van der Waals surface area contributed by atoms with Gasteiger partial charge in [-0.1, -0.05) is 12.1 Å². The lowest BCUT2D eigenvalue weighted by Gasteiger charge is -2.26. The molecule has 1 amide bonds. The zero-order chi connectivity index (χ0) is 8.97. The summed E-state index contributed by atoms with van der Waals surface area (Å²) in [7, 11) is 0. The van der Waals surface area contributed by atoms with Crippen LogP contribution in [0.4, 0.5) is 0 Å². The van der Waals surface area contributed by atoms with Gasteiger partial charge in [0.15, 0.2) is 0 Å². The van der Waals surface area contributed by atoms with Crippen LogP contribution in [0.15, 0.2) is 5.16 Å². The van der Waals surface area contributed by atoms with Crippen molar-refractivity contribution in [2.45, 2.75) is 26.2 Å². The van der Waals surface area contributed by atoms with Gasteiger partial charge in [0.05, 0.1) is 5.71 Å². The monoisotopic (exact) mass is 170 g/mol. The van der Waals surface area contributed by atoms with Crippen LogP contribution in [0.1, 0.15) is 26.2 Å². The van der Waals surface area contributed by atoms with E-state index in [9.17, 15) is 4.79 Å². The molecule has 0 unspecified atom stereocenters. The van der Waals surface area contributed by atoms with Gasteiger partial charge in [0.25, 0.3) is 0 Å². The molecule has 1 saturated heterocycles. The summed E-state index contributed by atoms with van der Waals surface area (Å²) >= 11 is 0. The first kappa shape index (κ1) is 9.03. The number of nitrogens with zero attached hydrogens (tertiary/aromatic N) is 2. The van der Waals surface area contributed by atoms with Crippen LogP contribution >= 0.6 is 0 Å². The number of piperidine rings is 1. The molecule has 0 aromatic carbocycles. The van der Waals surface area contributed by atoms with Crippen LogP contribution in [0.3, 0.4) is 0 Å². The number of amides is 1. The van der Waals surface area contributed by atoms with Gasteiger partial charge in [0.2, 0.25) is 5.91 Å². The van der Waals surface area contributed by atoms with Gasteiger partial charge in [-0.2, -0.15) is 0 Å². The van der Waals surface area contributed by atoms with Gasteiger partial charge in [-0.15, -0.1) is 0 Å². The lowest BCUT2D eigenvalue weighted by molar-refractivity contribution is -0.130. The van der Waals surface area contributed by atoms with E-state index in [1.807, 2.05) is 11.8 Å². The van der Waals surface area contributed by atoms with Crippen molar-refractivity contribution in [2.75, 3.05) is 13.1 Å². The van der Waals surface area contributed by atoms with Gasteiger partial charge in [0, 0.05) is 32.4 Å². The average Bonchev–Trinajstić information content (AvgIpc) is 2.17. The zero-order valence-corrected chi connectivity index (χ0v) is 7.29. The molecule has 0 atom stereocenters. The Hall–Kier alpha value is -1.06. The van der Waals surface area contributed by atoms with Crippen molar-refractivity contribution in [3.8, 4) is 0 Å². The summed E-state index contributed by atoms with van der Waals surface area (Å²) < 4.78 is 0. The van der Waals surface area contributed by atoms with Gasteiger partial charge in [0.1, 0.15) is 0 Å². The van der Waals surface area contributed by atoms with Crippen LogP contribution in [-0.4, -0.2) is 34.8 Å². The van der Waals surface area contributed by atoms with E-state index >= 15 is 0 Å². The molecule has 4 nitrogen and oxygen atoms in total. The SMILES string of the molecule is CCC(=O)N1CCC(=NO)CC1. The smallest absolute Gasteiger partial charge is 0.222 e. The quantitative estimate of drug-likeness (QED) is 0.468. The molecular weight excluding hydrogens is 156 g/mol. The number of hydrogen-bond acceptors (Lipinski definition) is 3. The molecule has 0 bridgehead atoms. The van der Waals surface area contributed by atoms with Crippen LogP contribution in [0.25, 0.3) is 0 Å². The van der Waals surface area contributed by atoms with Crippen LogP contribution < -0.4 is 0 Å². The Balaban J connectivity index is 2.41. The molecule has 0 spiro atoms. The van der Waals surface area contributed by atoms with Crippen molar-refractivity contribution in [3.63, 3.8) is 0 Å². The Morgan fingerprint density at radius 2 is 2.17 bits per heavy atom. The van der Waals surface area contributed by atoms with Gasteiger partial charge < -0.3 is 10.1 Å². The maximum absolute atomic E-state index is 11.2. The van der Waals surface area contributed by atoms with Gasteiger partial charge in [-0.05, 0) is 0 Å². The molecule has 1 N–H and O–H groups in total. The molecule has 1 fully saturated rings. The fourth-order valence-corrected chi connectivity index (χ4v) is 1.34. The van der Waals surface area contributed by atoms with E-state index < -0.39 is 0 Å². The highest BCUT2D eigenvalue weighted by molar-refractivity contribution is 5.87. The minimum Gasteiger partial charge on any atom is -0.411 e. The predicted molar refractivity (Wildman–Crippen MR) is 45.3 cm³/mol. The van der Waals surface area contributed by atoms with Crippen molar-refractivity contribution in [1.29, 1.82) is 0 Å². The van der Waals surface area contributed by atoms with E-state index in [-0.39, 0.29) is 5.91 Å². The Morgan fingerprint density at radius 3 is 2.58 bits per heavy atom. The summed E-state index contributed by atoms with van der Waals surface area (Å²) in [4.78, 5) is 13.0. The van der Waals surface area contributed by atoms with Crippen molar-refractivity contribution in [3.05, 3.63) is 0 Å². The van der Waals surface area contributed by atoms with Crippen LogP contribution in [-0.2, 0) is 4.79 Å². The lowest BCUT2D eigenvalue weighted by atomic mass is 10.1. The van der Waals surface area contributed by atoms with E-state index in [1.54, 1.807) is 0 Å². The second kappa shape index (κ2) is 4.09. The van der Waals surface area contributed by atoms with Crippen molar-refractivity contribution < 1.29 is 10.0 Å². The maximum atomic E-state index is 11.2. The van der Waals surface area contributed by atoms with Gasteiger partial charge >= 0.3 is 0 Å².